The highest BCUT2D eigenvalue weighted by Crippen LogP contribution is 2.47. The SMILES string of the molecule is C=C[C@@H]1C[C@]1(NC(=O)[C@@H]1C[C@@](OC)(c2ccc(-c3cccc(F)c3)cc2)CN1C(=O)[C@@H](NC(=O)OC1CCCC1)C(C)(C)C)C(=O)NS(=O)(=O)C1CC1. The van der Waals surface area contributed by atoms with Crippen molar-refractivity contribution in [2.45, 2.75) is 107 Å². The number of likely N-dealkylation sites (tertiary alicyclic amines) is 1. The van der Waals surface area contributed by atoms with E-state index in [1.807, 2.05) is 12.1 Å². The van der Waals surface area contributed by atoms with E-state index in [4.69, 9.17) is 9.47 Å². The van der Waals surface area contributed by atoms with Crippen molar-refractivity contribution >= 4 is 33.8 Å². The van der Waals surface area contributed by atoms with Gasteiger partial charge in [-0.15, -0.1) is 6.58 Å². The van der Waals surface area contributed by atoms with Gasteiger partial charge in [-0.1, -0.05) is 63.2 Å². The van der Waals surface area contributed by atoms with Crippen LogP contribution in [0.5, 0.6) is 0 Å². The van der Waals surface area contributed by atoms with Gasteiger partial charge in [-0.05, 0) is 79.2 Å². The molecule has 0 aromatic heterocycles. The summed E-state index contributed by atoms with van der Waals surface area (Å²) in [7, 11) is -2.44. The maximum atomic E-state index is 14.7. The van der Waals surface area contributed by atoms with Crippen LogP contribution in [0, 0.1) is 17.2 Å². The topological polar surface area (TPSA) is 160 Å². The number of hydrogen-bond donors (Lipinski definition) is 3. The molecule has 6 rings (SSSR count). The van der Waals surface area contributed by atoms with Crippen LogP contribution in [0.4, 0.5) is 9.18 Å². The number of ether oxygens (including phenoxy) is 2. The molecule has 4 aliphatic rings. The first-order valence-corrected chi connectivity index (χ1v) is 19.8. The molecule has 2 aromatic carbocycles. The standard InChI is InChI=1S/C39H49FN4O8S/c1-6-26-21-39(26,35(47)43-53(49,50)30-18-19-30)42-33(45)31-22-38(51-5,27-16-14-24(15-17-27)25-10-9-11-28(40)20-25)23-44(31)34(46)32(37(2,3)4)41-36(48)52-29-12-7-8-13-29/h6,9-11,14-17,20,26,29-32H,1,7-8,12-13,18-19,21-23H2,2-5H3,(H,41,48)(H,42,45)(H,43,47)/t26-,31+,32-,38+,39-/m1/s1. The van der Waals surface area contributed by atoms with Crippen LogP contribution in [0.1, 0.15) is 77.7 Å². The Kier molecular flexibility index (Phi) is 10.5. The molecule has 53 heavy (non-hydrogen) atoms. The summed E-state index contributed by atoms with van der Waals surface area (Å²) in [6, 6.07) is 11.1. The first-order valence-electron chi connectivity index (χ1n) is 18.2. The Morgan fingerprint density at radius 1 is 1.00 bits per heavy atom. The number of benzene rings is 2. The molecule has 1 saturated heterocycles. The van der Waals surface area contributed by atoms with Crippen molar-refractivity contribution < 1.29 is 41.5 Å². The monoisotopic (exact) mass is 752 g/mol. The Hall–Kier alpha value is -4.30. The molecule has 5 atom stereocenters. The fraction of sp³-hybridized carbons (Fsp3) is 0.538. The smallest absolute Gasteiger partial charge is 0.408 e. The number of halogens is 1. The van der Waals surface area contributed by atoms with Gasteiger partial charge in [0, 0.05) is 19.4 Å². The lowest BCUT2D eigenvalue weighted by atomic mass is 9.85. The summed E-state index contributed by atoms with van der Waals surface area (Å²) in [6.45, 7) is 9.07. The molecule has 1 heterocycles. The van der Waals surface area contributed by atoms with E-state index < -0.39 is 73.6 Å². The van der Waals surface area contributed by atoms with Gasteiger partial charge in [0.05, 0.1) is 11.8 Å². The molecule has 12 nitrogen and oxygen atoms in total. The first-order chi connectivity index (χ1) is 25.0. The maximum Gasteiger partial charge on any atom is 0.408 e. The highest BCUT2D eigenvalue weighted by molar-refractivity contribution is 7.91. The third-order valence-corrected chi connectivity index (χ3v) is 12.9. The summed E-state index contributed by atoms with van der Waals surface area (Å²) in [6.07, 6.45) is 4.92. The quantitative estimate of drug-likeness (QED) is 0.264. The normalized spacial score (nSPS) is 26.4. The summed E-state index contributed by atoms with van der Waals surface area (Å²) >= 11 is 0. The van der Waals surface area contributed by atoms with Crippen molar-refractivity contribution in [3.63, 3.8) is 0 Å². The summed E-state index contributed by atoms with van der Waals surface area (Å²) < 4.78 is 53.4. The molecular weight excluding hydrogens is 704 g/mol. The molecule has 3 saturated carbocycles. The number of hydrogen-bond acceptors (Lipinski definition) is 8. The fourth-order valence-electron chi connectivity index (χ4n) is 7.59. The number of methoxy groups -OCH3 is 1. The van der Waals surface area contributed by atoms with Gasteiger partial charge < -0.3 is 25.0 Å². The molecule has 0 unspecified atom stereocenters. The van der Waals surface area contributed by atoms with Gasteiger partial charge in [-0.2, -0.15) is 0 Å². The van der Waals surface area contributed by atoms with Gasteiger partial charge in [-0.3, -0.25) is 19.1 Å². The van der Waals surface area contributed by atoms with Crippen LogP contribution < -0.4 is 15.4 Å². The van der Waals surface area contributed by atoms with Crippen LogP contribution in [-0.2, 0) is 39.5 Å². The van der Waals surface area contributed by atoms with Crippen molar-refractivity contribution in [2.75, 3.05) is 13.7 Å². The van der Waals surface area contributed by atoms with E-state index in [0.717, 1.165) is 31.2 Å². The van der Waals surface area contributed by atoms with Crippen LogP contribution in [-0.4, -0.2) is 79.8 Å². The molecule has 4 amide bonds. The molecule has 0 bridgehead atoms. The molecule has 3 N–H and O–H groups in total. The second-order valence-electron chi connectivity index (χ2n) is 15.9. The Labute approximate surface area is 310 Å². The van der Waals surface area contributed by atoms with Crippen molar-refractivity contribution in [3.8, 4) is 11.1 Å². The third kappa shape index (κ3) is 7.98. The largest absolute Gasteiger partial charge is 0.446 e. The minimum Gasteiger partial charge on any atom is -0.446 e. The zero-order chi connectivity index (χ0) is 38.3. The molecule has 0 radical (unpaired) electrons. The van der Waals surface area contributed by atoms with E-state index in [1.54, 1.807) is 45.0 Å². The number of nitrogens with zero attached hydrogens (tertiary/aromatic N) is 1. The van der Waals surface area contributed by atoms with Crippen LogP contribution in [0.25, 0.3) is 11.1 Å². The second kappa shape index (κ2) is 14.5. The van der Waals surface area contributed by atoms with E-state index in [9.17, 15) is 32.0 Å². The Morgan fingerprint density at radius 2 is 1.68 bits per heavy atom. The lowest BCUT2D eigenvalue weighted by Gasteiger charge is -2.36. The highest BCUT2D eigenvalue weighted by atomic mass is 32.2. The summed E-state index contributed by atoms with van der Waals surface area (Å²) in [4.78, 5) is 57.2. The lowest BCUT2D eigenvalue weighted by Crippen LogP contribution is -2.60. The zero-order valence-corrected chi connectivity index (χ0v) is 31.5. The number of alkyl carbamates (subject to hydrolysis) is 1. The zero-order valence-electron chi connectivity index (χ0n) is 30.7. The predicted molar refractivity (Wildman–Crippen MR) is 195 cm³/mol. The van der Waals surface area contributed by atoms with Crippen LogP contribution in [0.3, 0.4) is 0 Å². The van der Waals surface area contributed by atoms with Crippen LogP contribution >= 0.6 is 0 Å². The third-order valence-electron chi connectivity index (χ3n) is 11.1. The minimum absolute atomic E-state index is 0.0272. The molecule has 2 aromatic rings. The van der Waals surface area contributed by atoms with Crippen LogP contribution in [0.15, 0.2) is 61.2 Å². The number of carbonyl (C=O) groups excluding carboxylic acids is 4. The number of rotatable bonds is 12. The number of carbonyl (C=O) groups is 4. The van der Waals surface area contributed by atoms with Gasteiger partial charge in [-0.25, -0.2) is 17.6 Å². The van der Waals surface area contributed by atoms with E-state index in [1.165, 1.54) is 30.2 Å². The first kappa shape index (κ1) is 38.4. The Bertz CT molecular complexity index is 1870. The van der Waals surface area contributed by atoms with Crippen molar-refractivity contribution in [1.29, 1.82) is 0 Å². The second-order valence-corrected chi connectivity index (χ2v) is 17.9. The molecular formula is C39H49FN4O8S. The molecule has 3 aliphatic carbocycles. The highest BCUT2D eigenvalue weighted by Gasteiger charge is 2.62. The van der Waals surface area contributed by atoms with Gasteiger partial charge in [0.2, 0.25) is 21.8 Å². The number of sulfonamides is 1. The lowest BCUT2D eigenvalue weighted by molar-refractivity contribution is -0.143. The van der Waals surface area contributed by atoms with Gasteiger partial charge in [0.1, 0.15) is 35.1 Å². The number of nitrogens with one attached hydrogen (secondary N) is 3. The molecule has 1 aliphatic heterocycles. The van der Waals surface area contributed by atoms with E-state index in [0.29, 0.717) is 24.0 Å². The van der Waals surface area contributed by atoms with Crippen molar-refractivity contribution in [3.05, 3.63) is 72.6 Å². The van der Waals surface area contributed by atoms with E-state index >= 15 is 0 Å². The Morgan fingerprint density at radius 3 is 2.25 bits per heavy atom. The average Bonchev–Trinajstić information content (AvgIpc) is 4.00. The fourth-order valence-corrected chi connectivity index (χ4v) is 8.95. The molecule has 0 spiro atoms. The number of amides is 4. The van der Waals surface area contributed by atoms with E-state index in [-0.39, 0.29) is 31.3 Å². The minimum atomic E-state index is -3.92. The van der Waals surface area contributed by atoms with Gasteiger partial charge in [0.25, 0.3) is 5.91 Å². The summed E-state index contributed by atoms with van der Waals surface area (Å²) in [5, 5.41) is 4.93. The maximum absolute atomic E-state index is 14.7. The van der Waals surface area contributed by atoms with Crippen molar-refractivity contribution in [2.24, 2.45) is 11.3 Å². The average molecular weight is 753 g/mol. The summed E-state index contributed by atoms with van der Waals surface area (Å²) in [5.41, 5.74) is -1.55. The molecule has 286 valence electrons. The van der Waals surface area contributed by atoms with Crippen LogP contribution in [0.2, 0.25) is 0 Å². The van der Waals surface area contributed by atoms with Gasteiger partial charge >= 0.3 is 6.09 Å². The predicted octanol–water partition coefficient (Wildman–Crippen LogP) is 4.69. The Balaban J connectivity index is 1.32. The van der Waals surface area contributed by atoms with Gasteiger partial charge in [0.15, 0.2) is 0 Å². The molecule has 4 fully saturated rings. The van der Waals surface area contributed by atoms with Crippen molar-refractivity contribution in [1.82, 2.24) is 20.3 Å². The molecule has 14 heteroatoms. The van der Waals surface area contributed by atoms with E-state index in [2.05, 4.69) is 21.9 Å². The summed E-state index contributed by atoms with van der Waals surface area (Å²) in [5.74, 6) is -3.00.